The zero-order valence-corrected chi connectivity index (χ0v) is 12.7. The zero-order valence-electron chi connectivity index (χ0n) is 11.1. The van der Waals surface area contributed by atoms with E-state index in [1.165, 1.54) is 0 Å². The lowest BCUT2D eigenvalue weighted by atomic mass is 9.94. The van der Waals surface area contributed by atoms with Gasteiger partial charge in [-0.2, -0.15) is 0 Å². The number of hydrogen-bond donors (Lipinski definition) is 2. The zero-order chi connectivity index (χ0) is 13.7. The van der Waals surface area contributed by atoms with Crippen LogP contribution in [-0.4, -0.2) is 33.4 Å². The van der Waals surface area contributed by atoms with Crippen molar-refractivity contribution in [3.63, 3.8) is 0 Å². The standard InChI is InChI=1S/C12H20N4OS2/c1-12(10(13)17,15-9-4-5-9)6-2-3-7-18-11-16-14-8-19-11/h8-9,15H,2-7H2,1H3,(H2,13,17). The van der Waals surface area contributed by atoms with Gasteiger partial charge in [0.1, 0.15) is 5.51 Å². The van der Waals surface area contributed by atoms with Crippen LogP contribution in [0.2, 0.25) is 0 Å². The van der Waals surface area contributed by atoms with E-state index in [0.717, 1.165) is 42.2 Å². The highest BCUT2D eigenvalue weighted by Gasteiger charge is 2.36. The van der Waals surface area contributed by atoms with Gasteiger partial charge < -0.3 is 11.1 Å². The fourth-order valence-corrected chi connectivity index (χ4v) is 3.47. The van der Waals surface area contributed by atoms with Crippen molar-refractivity contribution in [2.24, 2.45) is 5.73 Å². The van der Waals surface area contributed by atoms with Crippen LogP contribution in [0.15, 0.2) is 9.85 Å². The summed E-state index contributed by atoms with van der Waals surface area (Å²) in [4.78, 5) is 11.6. The van der Waals surface area contributed by atoms with E-state index in [2.05, 4.69) is 15.5 Å². The maximum atomic E-state index is 11.6. The largest absolute Gasteiger partial charge is 0.368 e. The molecule has 2 rings (SSSR count). The van der Waals surface area contributed by atoms with Crippen LogP contribution in [0.5, 0.6) is 0 Å². The van der Waals surface area contributed by atoms with Crippen molar-refractivity contribution in [3.05, 3.63) is 5.51 Å². The molecule has 7 heteroatoms. The summed E-state index contributed by atoms with van der Waals surface area (Å²) >= 11 is 3.28. The molecule has 1 amide bonds. The van der Waals surface area contributed by atoms with Crippen molar-refractivity contribution in [2.45, 2.75) is 54.9 Å². The molecule has 1 aliphatic rings. The third-order valence-corrected chi connectivity index (χ3v) is 5.23. The van der Waals surface area contributed by atoms with Crippen molar-refractivity contribution in [1.82, 2.24) is 15.5 Å². The second kappa shape index (κ2) is 6.67. The molecule has 0 saturated heterocycles. The number of rotatable bonds is 9. The Hall–Kier alpha value is -0.660. The van der Waals surface area contributed by atoms with Crippen molar-refractivity contribution in [2.75, 3.05) is 5.75 Å². The van der Waals surface area contributed by atoms with Gasteiger partial charge in [0, 0.05) is 11.8 Å². The van der Waals surface area contributed by atoms with Gasteiger partial charge in [-0.3, -0.25) is 4.79 Å². The van der Waals surface area contributed by atoms with Gasteiger partial charge in [0.05, 0.1) is 5.54 Å². The first-order valence-corrected chi connectivity index (χ1v) is 8.43. The Morgan fingerprint density at radius 2 is 2.42 bits per heavy atom. The van der Waals surface area contributed by atoms with Crippen molar-refractivity contribution >= 4 is 29.0 Å². The van der Waals surface area contributed by atoms with E-state index in [1.807, 2.05) is 6.92 Å². The number of thioether (sulfide) groups is 1. The summed E-state index contributed by atoms with van der Waals surface area (Å²) in [5.74, 6) is 0.768. The van der Waals surface area contributed by atoms with Crippen molar-refractivity contribution in [1.29, 1.82) is 0 Å². The first kappa shape index (κ1) is 14.7. The molecule has 0 radical (unpaired) electrons. The summed E-state index contributed by atoms with van der Waals surface area (Å²) in [5.41, 5.74) is 6.71. The maximum absolute atomic E-state index is 11.6. The van der Waals surface area contributed by atoms with Crippen molar-refractivity contribution < 1.29 is 4.79 Å². The molecule has 19 heavy (non-hydrogen) atoms. The molecule has 0 spiro atoms. The molecule has 1 aromatic heterocycles. The number of aromatic nitrogens is 2. The third-order valence-electron chi connectivity index (χ3n) is 3.28. The number of carbonyl (C=O) groups excluding carboxylic acids is 1. The minimum absolute atomic E-state index is 0.240. The number of nitrogens with two attached hydrogens (primary N) is 1. The predicted molar refractivity (Wildman–Crippen MR) is 78.2 cm³/mol. The molecule has 1 aliphatic carbocycles. The van der Waals surface area contributed by atoms with E-state index in [4.69, 9.17) is 5.73 Å². The Bertz CT molecular complexity index is 408. The second-order valence-electron chi connectivity index (χ2n) is 5.13. The van der Waals surface area contributed by atoms with Gasteiger partial charge >= 0.3 is 0 Å². The van der Waals surface area contributed by atoms with Crippen molar-refractivity contribution in [3.8, 4) is 0 Å². The van der Waals surface area contributed by atoms with Crippen LogP contribution in [0.25, 0.3) is 0 Å². The van der Waals surface area contributed by atoms with E-state index in [1.54, 1.807) is 28.6 Å². The van der Waals surface area contributed by atoms with Crippen LogP contribution in [-0.2, 0) is 4.79 Å². The Labute approximate surface area is 121 Å². The molecule has 1 saturated carbocycles. The minimum Gasteiger partial charge on any atom is -0.368 e. The van der Waals surface area contributed by atoms with E-state index < -0.39 is 5.54 Å². The lowest BCUT2D eigenvalue weighted by Crippen LogP contribution is -2.53. The average molecular weight is 300 g/mol. The Kier molecular flexibility index (Phi) is 5.18. The number of hydrogen-bond acceptors (Lipinski definition) is 6. The summed E-state index contributed by atoms with van der Waals surface area (Å²) < 4.78 is 1.01. The molecular weight excluding hydrogens is 280 g/mol. The lowest BCUT2D eigenvalue weighted by Gasteiger charge is -2.27. The third kappa shape index (κ3) is 4.74. The quantitative estimate of drug-likeness (QED) is 0.537. The summed E-state index contributed by atoms with van der Waals surface area (Å²) in [6.07, 6.45) is 5.17. The normalized spacial score (nSPS) is 18.2. The van der Waals surface area contributed by atoms with Crippen LogP contribution >= 0.6 is 23.1 Å². The first-order valence-electron chi connectivity index (χ1n) is 6.57. The molecule has 5 nitrogen and oxygen atoms in total. The number of nitrogens with one attached hydrogen (secondary N) is 1. The second-order valence-corrected chi connectivity index (χ2v) is 7.30. The van der Waals surface area contributed by atoms with Gasteiger partial charge in [0.2, 0.25) is 5.91 Å². The molecule has 106 valence electrons. The van der Waals surface area contributed by atoms with Gasteiger partial charge in [0.25, 0.3) is 0 Å². The fraction of sp³-hybridized carbons (Fsp3) is 0.750. The lowest BCUT2D eigenvalue weighted by molar-refractivity contribution is -0.124. The number of unbranched alkanes of at least 4 members (excludes halogenated alkanes) is 1. The highest BCUT2D eigenvalue weighted by molar-refractivity contribution is 8.00. The minimum atomic E-state index is -0.547. The molecule has 1 fully saturated rings. The van der Waals surface area contributed by atoms with Gasteiger partial charge in [-0.1, -0.05) is 29.5 Å². The Morgan fingerprint density at radius 1 is 1.63 bits per heavy atom. The molecule has 1 aromatic rings. The van der Waals surface area contributed by atoms with E-state index in [0.29, 0.717) is 6.04 Å². The number of carbonyl (C=O) groups is 1. The molecule has 0 aliphatic heterocycles. The number of amides is 1. The summed E-state index contributed by atoms with van der Waals surface area (Å²) in [5, 5.41) is 11.2. The maximum Gasteiger partial charge on any atom is 0.237 e. The first-order chi connectivity index (χ1) is 9.10. The Balaban J connectivity index is 1.65. The highest BCUT2D eigenvalue weighted by Crippen LogP contribution is 2.26. The summed E-state index contributed by atoms with van der Waals surface area (Å²) in [6, 6.07) is 0.494. The molecule has 1 atom stereocenters. The molecule has 0 aromatic carbocycles. The van der Waals surface area contributed by atoms with Crippen LogP contribution < -0.4 is 11.1 Å². The monoisotopic (exact) mass is 300 g/mol. The van der Waals surface area contributed by atoms with Gasteiger partial charge in [0.15, 0.2) is 4.34 Å². The smallest absolute Gasteiger partial charge is 0.237 e. The highest BCUT2D eigenvalue weighted by atomic mass is 32.2. The topological polar surface area (TPSA) is 80.9 Å². The summed E-state index contributed by atoms with van der Waals surface area (Å²) in [7, 11) is 0. The molecule has 0 bridgehead atoms. The molecule has 1 heterocycles. The van der Waals surface area contributed by atoms with E-state index in [9.17, 15) is 4.79 Å². The SMILES string of the molecule is CC(CCCCSc1nncs1)(NC1CC1)C(N)=O. The average Bonchev–Trinajstić information content (AvgIpc) is 3.02. The van der Waals surface area contributed by atoms with Crippen LogP contribution in [0, 0.1) is 0 Å². The van der Waals surface area contributed by atoms with Crippen LogP contribution in [0.1, 0.15) is 39.0 Å². The van der Waals surface area contributed by atoms with Gasteiger partial charge in [-0.05, 0) is 32.6 Å². The van der Waals surface area contributed by atoms with Gasteiger partial charge in [-0.15, -0.1) is 10.2 Å². The molecule has 3 N–H and O–H groups in total. The predicted octanol–water partition coefficient (Wildman–Crippen LogP) is 1.80. The van der Waals surface area contributed by atoms with Crippen LogP contribution in [0.3, 0.4) is 0 Å². The van der Waals surface area contributed by atoms with Crippen LogP contribution in [0.4, 0.5) is 0 Å². The number of primary amides is 1. The molecule has 1 unspecified atom stereocenters. The molecular formula is C12H20N4OS2. The fourth-order valence-electron chi connectivity index (χ4n) is 1.91. The van der Waals surface area contributed by atoms with E-state index >= 15 is 0 Å². The van der Waals surface area contributed by atoms with Gasteiger partial charge in [-0.25, -0.2) is 0 Å². The number of nitrogens with zero attached hydrogens (tertiary/aromatic N) is 2. The van der Waals surface area contributed by atoms with E-state index in [-0.39, 0.29) is 5.91 Å². The Morgan fingerprint density at radius 3 is 3.00 bits per heavy atom. The summed E-state index contributed by atoms with van der Waals surface area (Å²) in [6.45, 7) is 1.92.